The van der Waals surface area contributed by atoms with Gasteiger partial charge in [-0.05, 0) is 45.4 Å². The van der Waals surface area contributed by atoms with Gasteiger partial charge in [-0.2, -0.15) is 0 Å². The maximum Gasteiger partial charge on any atom is 0.408 e. The van der Waals surface area contributed by atoms with Crippen molar-refractivity contribution in [2.24, 2.45) is 4.99 Å². The van der Waals surface area contributed by atoms with Gasteiger partial charge in [0.25, 0.3) is 0 Å². The molecule has 2 saturated heterocycles. The van der Waals surface area contributed by atoms with Crippen molar-refractivity contribution in [2.75, 3.05) is 6.54 Å². The molecule has 0 saturated carbocycles. The molecule has 2 aliphatic heterocycles. The number of hydrogen-bond acceptors (Lipinski definition) is 10. The molecule has 37 heavy (non-hydrogen) atoms. The van der Waals surface area contributed by atoms with Gasteiger partial charge in [-0.3, -0.25) is 14.6 Å². The van der Waals surface area contributed by atoms with Crippen LogP contribution in [-0.4, -0.2) is 93.0 Å². The Labute approximate surface area is 213 Å². The van der Waals surface area contributed by atoms with Gasteiger partial charge in [0.2, 0.25) is 5.91 Å². The molecule has 2 fully saturated rings. The number of benzene rings is 1. The van der Waals surface area contributed by atoms with Gasteiger partial charge in [-0.15, -0.1) is 0 Å². The Bertz CT molecular complexity index is 1270. The number of ether oxygens (including phenoxy) is 1. The maximum atomic E-state index is 13.0. The zero-order valence-corrected chi connectivity index (χ0v) is 21.5. The second-order valence-electron chi connectivity index (χ2n) is 10.1. The van der Waals surface area contributed by atoms with Crippen molar-refractivity contribution < 1.29 is 47.7 Å². The highest BCUT2D eigenvalue weighted by Gasteiger charge is 2.69. The third kappa shape index (κ3) is 5.38. The van der Waals surface area contributed by atoms with Crippen molar-refractivity contribution >= 4 is 39.8 Å². The Hall–Kier alpha value is -3.68. The van der Waals surface area contributed by atoms with E-state index in [1.165, 1.54) is 18.2 Å². The van der Waals surface area contributed by atoms with Crippen LogP contribution in [0.4, 0.5) is 4.79 Å². The lowest BCUT2D eigenvalue weighted by Gasteiger charge is -2.35. The van der Waals surface area contributed by atoms with Crippen LogP contribution in [0.2, 0.25) is 0 Å². The Morgan fingerprint density at radius 1 is 1.27 bits per heavy atom. The number of carbonyl (C=O) groups excluding carboxylic acids is 3. The van der Waals surface area contributed by atoms with E-state index in [9.17, 15) is 42.9 Å². The fourth-order valence-corrected chi connectivity index (χ4v) is 6.49. The lowest BCUT2D eigenvalue weighted by atomic mass is 9.97. The van der Waals surface area contributed by atoms with Gasteiger partial charge in [-0.25, -0.2) is 18.0 Å². The number of carboxylic acids is 1. The molecule has 4 atom stereocenters. The number of alkyl carbamates (subject to hydrolysis) is 1. The molecule has 0 spiro atoms. The summed E-state index contributed by atoms with van der Waals surface area (Å²) in [6.07, 6.45) is -0.492. The van der Waals surface area contributed by atoms with Crippen molar-refractivity contribution in [3.05, 3.63) is 23.8 Å². The molecule has 1 aromatic rings. The fraction of sp³-hybridized carbons (Fsp3) is 0.522. The number of β-lactam (4-membered cyclic amide) rings is 1. The number of amides is 2. The normalized spacial score (nSPS) is 25.3. The minimum Gasteiger partial charge on any atom is -0.504 e. The second-order valence-corrected chi connectivity index (χ2v) is 12.6. The molecule has 0 aliphatic carbocycles. The smallest absolute Gasteiger partial charge is 0.408 e. The van der Waals surface area contributed by atoms with Gasteiger partial charge < -0.3 is 30.3 Å². The summed E-state index contributed by atoms with van der Waals surface area (Å²) in [7, 11) is -4.15. The van der Waals surface area contributed by atoms with Crippen molar-refractivity contribution in [2.45, 2.75) is 68.3 Å². The van der Waals surface area contributed by atoms with Gasteiger partial charge in [0.1, 0.15) is 15.7 Å². The van der Waals surface area contributed by atoms with E-state index in [2.05, 4.69) is 10.3 Å². The summed E-state index contributed by atoms with van der Waals surface area (Å²) in [6.45, 7) is 5.39. The number of phenolic OH excluding ortho intramolecular Hbond substituents is 2. The molecule has 1 aromatic carbocycles. The number of rotatable bonds is 8. The lowest BCUT2D eigenvalue weighted by Crippen LogP contribution is -2.57. The average Bonchev–Trinajstić information content (AvgIpc) is 2.89. The monoisotopic (exact) mass is 539 g/mol. The molecule has 202 valence electrons. The molecule has 2 heterocycles. The topological polar surface area (TPSA) is 200 Å². The van der Waals surface area contributed by atoms with Crippen LogP contribution in [0.25, 0.3) is 0 Å². The minimum atomic E-state index is -4.15. The Kier molecular flexibility index (Phi) is 7.28. The first kappa shape index (κ1) is 27.9. The van der Waals surface area contributed by atoms with Crippen molar-refractivity contribution in [3.8, 4) is 11.5 Å². The van der Waals surface area contributed by atoms with E-state index in [-0.39, 0.29) is 18.6 Å². The van der Waals surface area contributed by atoms with E-state index >= 15 is 0 Å². The largest absolute Gasteiger partial charge is 0.504 e. The molecule has 0 unspecified atom stereocenters. The van der Waals surface area contributed by atoms with E-state index < -0.39 is 73.7 Å². The van der Waals surface area contributed by atoms with Crippen molar-refractivity contribution in [1.82, 2.24) is 10.2 Å². The summed E-state index contributed by atoms with van der Waals surface area (Å²) in [5.41, 5.74) is -0.483. The van der Waals surface area contributed by atoms with E-state index in [0.29, 0.717) is 5.56 Å². The number of fused-ring (bicyclic) bond motifs is 1. The third-order valence-corrected chi connectivity index (χ3v) is 8.79. The number of carboxylic acid groups (broad SMARTS) is 1. The number of aliphatic imine (C=N–C) groups is 1. The maximum absolute atomic E-state index is 13.0. The first-order valence-corrected chi connectivity index (χ1v) is 12.8. The van der Waals surface area contributed by atoms with Crippen LogP contribution in [0.1, 0.15) is 39.7 Å². The summed E-state index contributed by atoms with van der Waals surface area (Å²) in [4.78, 5) is 53.8. The van der Waals surface area contributed by atoms with Gasteiger partial charge in [0.05, 0.1) is 19.0 Å². The summed E-state index contributed by atoms with van der Waals surface area (Å²) < 4.78 is 29.1. The van der Waals surface area contributed by atoms with Gasteiger partial charge in [-0.1, -0.05) is 6.07 Å². The molecule has 0 bridgehead atoms. The van der Waals surface area contributed by atoms with Crippen molar-refractivity contribution in [1.29, 1.82) is 0 Å². The number of hydrogen-bond donors (Lipinski definition) is 4. The van der Waals surface area contributed by atoms with E-state index in [0.717, 1.165) is 18.0 Å². The van der Waals surface area contributed by atoms with E-state index in [1.807, 2.05) is 0 Å². The van der Waals surface area contributed by atoms with Crippen LogP contribution in [0, 0.1) is 0 Å². The molecule has 0 aromatic heterocycles. The summed E-state index contributed by atoms with van der Waals surface area (Å²) >= 11 is 0. The molecule has 14 heteroatoms. The van der Waals surface area contributed by atoms with Gasteiger partial charge in [0.15, 0.2) is 33.2 Å². The van der Waals surface area contributed by atoms with Crippen LogP contribution < -0.4 is 5.32 Å². The van der Waals surface area contributed by atoms with Crippen molar-refractivity contribution in [3.63, 3.8) is 0 Å². The minimum absolute atomic E-state index is 0.126. The zero-order valence-electron chi connectivity index (χ0n) is 20.7. The lowest BCUT2D eigenvalue weighted by molar-refractivity contribution is -0.156. The number of nitrogens with zero attached hydrogens (tertiary/aromatic N) is 2. The highest BCUT2D eigenvalue weighted by molar-refractivity contribution is 7.94. The second kappa shape index (κ2) is 9.65. The quantitative estimate of drug-likeness (QED) is 0.203. The number of sulfone groups is 1. The number of phenols is 2. The molecule has 4 N–H and O–H groups in total. The number of aromatic hydroxyl groups is 2. The zero-order chi connectivity index (χ0) is 27.9. The third-order valence-electron chi connectivity index (χ3n) is 6.13. The SMILES string of the molecule is CC(C)(C)OC(=O)N[C@H](Cc1ccc(O)c(O)c1)C(=O)CN=C[C@@]1(C)[C@H](C(=O)O)N2C(=O)C[C@H]2S1(=O)=O. The Balaban J connectivity index is 1.83. The molecular formula is C23H29N3O10S. The van der Waals surface area contributed by atoms with E-state index in [1.54, 1.807) is 20.8 Å². The van der Waals surface area contributed by atoms with Crippen LogP contribution >= 0.6 is 0 Å². The molecule has 13 nitrogen and oxygen atoms in total. The number of aliphatic carboxylic acids is 1. The highest BCUT2D eigenvalue weighted by atomic mass is 32.2. The molecule has 2 amide bonds. The summed E-state index contributed by atoms with van der Waals surface area (Å²) in [6, 6.07) is 0.931. The van der Waals surface area contributed by atoms with Gasteiger partial charge in [0, 0.05) is 12.6 Å². The highest BCUT2D eigenvalue weighted by Crippen LogP contribution is 2.45. The van der Waals surface area contributed by atoms with Crippen LogP contribution in [0.15, 0.2) is 23.2 Å². The Morgan fingerprint density at radius 3 is 2.46 bits per heavy atom. The predicted molar refractivity (Wildman–Crippen MR) is 129 cm³/mol. The molecule has 2 aliphatic rings. The van der Waals surface area contributed by atoms with Crippen LogP contribution in [0.5, 0.6) is 11.5 Å². The van der Waals surface area contributed by atoms with Gasteiger partial charge >= 0.3 is 12.1 Å². The standard InChI is InChI=1S/C23H29N3O10S/c1-22(2,3)36-21(33)25-13(7-12-5-6-14(27)15(28)8-12)16(29)10-24-11-23(4)19(20(31)32)26-17(30)9-18(26)37(23,34)35/h5-6,8,11,13,18-19,27-28H,7,9-10H2,1-4H3,(H,25,33)(H,31,32)/t13-,18-,19+,23+/m1/s1. The summed E-state index contributed by atoms with van der Waals surface area (Å²) in [5, 5.41) is 30.1. The molecular weight excluding hydrogens is 510 g/mol. The first-order valence-electron chi connectivity index (χ1n) is 11.3. The number of ketones is 1. The molecule has 0 radical (unpaired) electrons. The van der Waals surface area contributed by atoms with E-state index in [4.69, 9.17) is 4.74 Å². The average molecular weight is 540 g/mol. The Morgan fingerprint density at radius 2 is 1.92 bits per heavy atom. The number of Topliss-reactive ketones (excluding diaryl/α,β-unsaturated/α-hetero) is 1. The fourth-order valence-electron chi connectivity index (χ4n) is 4.26. The summed E-state index contributed by atoms with van der Waals surface area (Å²) in [5.74, 6) is -3.60. The number of carbonyl (C=O) groups is 4. The van der Waals surface area contributed by atoms with Crippen LogP contribution in [0.3, 0.4) is 0 Å². The number of nitrogens with one attached hydrogen (secondary N) is 1. The molecule has 3 rings (SSSR count). The predicted octanol–water partition coefficient (Wildman–Crippen LogP) is 0.372. The van der Waals surface area contributed by atoms with Crippen LogP contribution in [-0.2, 0) is 35.4 Å². The first-order chi connectivity index (χ1) is 17.0.